The maximum atomic E-state index is 13.5. The summed E-state index contributed by atoms with van der Waals surface area (Å²) in [6, 6.07) is 16.7. The number of para-hydroxylation sites is 1. The van der Waals surface area contributed by atoms with Crippen LogP contribution in [0.5, 0.6) is 0 Å². The van der Waals surface area contributed by atoms with Crippen molar-refractivity contribution in [3.05, 3.63) is 71.3 Å². The van der Waals surface area contributed by atoms with Gasteiger partial charge >= 0.3 is 0 Å². The first-order valence-electron chi connectivity index (χ1n) is 13.4. The molecule has 204 valence electrons. The zero-order valence-electron chi connectivity index (χ0n) is 22.0. The number of amides is 1. The van der Waals surface area contributed by atoms with Crippen molar-refractivity contribution in [1.29, 1.82) is 0 Å². The summed E-state index contributed by atoms with van der Waals surface area (Å²) in [6.45, 7) is 3.77. The first kappa shape index (κ1) is 27.8. The van der Waals surface area contributed by atoms with Gasteiger partial charge in [-0.05, 0) is 49.6 Å². The van der Waals surface area contributed by atoms with Gasteiger partial charge in [-0.3, -0.25) is 9.69 Å². The van der Waals surface area contributed by atoms with Crippen LogP contribution >= 0.6 is 24.0 Å². The summed E-state index contributed by atoms with van der Waals surface area (Å²) >= 11 is 6.79. The van der Waals surface area contributed by atoms with Crippen LogP contribution in [0.4, 0.5) is 0 Å². The average Bonchev–Trinajstić information content (AvgIpc) is 3.33. The van der Waals surface area contributed by atoms with Gasteiger partial charge in [0.2, 0.25) is 10.0 Å². The van der Waals surface area contributed by atoms with Crippen LogP contribution in [0.2, 0.25) is 0 Å². The lowest BCUT2D eigenvalue weighted by atomic mass is 10.1. The molecule has 3 aromatic rings. The number of aromatic nitrogens is 2. The van der Waals surface area contributed by atoms with E-state index >= 15 is 0 Å². The van der Waals surface area contributed by atoms with Gasteiger partial charge in [-0.1, -0.05) is 80.5 Å². The minimum Gasteiger partial charge on any atom is -0.293 e. The quantitative estimate of drug-likeness (QED) is 0.237. The molecular formula is C29H32N4O3S3. The summed E-state index contributed by atoms with van der Waals surface area (Å²) in [4.78, 5) is 15.6. The van der Waals surface area contributed by atoms with Gasteiger partial charge < -0.3 is 0 Å². The van der Waals surface area contributed by atoms with E-state index in [1.54, 1.807) is 32.1 Å². The summed E-state index contributed by atoms with van der Waals surface area (Å²) < 4.78 is 31.0. The van der Waals surface area contributed by atoms with Crippen molar-refractivity contribution < 1.29 is 13.2 Å². The summed E-state index contributed by atoms with van der Waals surface area (Å²) in [5.74, 6) is -0.102. The van der Waals surface area contributed by atoms with Crippen LogP contribution in [0, 0.1) is 0 Å². The van der Waals surface area contributed by atoms with Gasteiger partial charge in [0.1, 0.15) is 10.0 Å². The van der Waals surface area contributed by atoms with Crippen molar-refractivity contribution >= 4 is 50.3 Å². The molecule has 2 aliphatic heterocycles. The van der Waals surface area contributed by atoms with Gasteiger partial charge in [0.15, 0.2) is 0 Å². The molecule has 0 atom stereocenters. The molecule has 2 saturated heterocycles. The van der Waals surface area contributed by atoms with Crippen molar-refractivity contribution in [3.63, 3.8) is 0 Å². The Kier molecular flexibility index (Phi) is 8.66. The van der Waals surface area contributed by atoms with Gasteiger partial charge in [-0.15, -0.1) is 0 Å². The van der Waals surface area contributed by atoms with Crippen LogP contribution in [0.25, 0.3) is 23.0 Å². The highest BCUT2D eigenvalue weighted by atomic mass is 32.2. The fraction of sp³-hybridized carbons (Fsp3) is 0.345. The van der Waals surface area contributed by atoms with Crippen LogP contribution in [0.3, 0.4) is 0 Å². The van der Waals surface area contributed by atoms with E-state index in [1.165, 1.54) is 11.8 Å². The predicted molar refractivity (Wildman–Crippen MR) is 161 cm³/mol. The molecular weight excluding hydrogens is 549 g/mol. The van der Waals surface area contributed by atoms with Crippen molar-refractivity contribution in [2.24, 2.45) is 0 Å². The molecule has 3 heterocycles. The maximum Gasteiger partial charge on any atom is 0.266 e. The van der Waals surface area contributed by atoms with Gasteiger partial charge in [0, 0.05) is 37.0 Å². The van der Waals surface area contributed by atoms with Crippen LogP contribution in [0.1, 0.15) is 51.0 Å². The fourth-order valence-electron chi connectivity index (χ4n) is 4.82. The first-order chi connectivity index (χ1) is 18.9. The van der Waals surface area contributed by atoms with E-state index in [-0.39, 0.29) is 10.8 Å². The lowest BCUT2D eigenvalue weighted by Gasteiger charge is -2.20. The standard InChI is InChI=1S/C29H32N4O3S3/c1-2-3-18-32-28(34)26(38-29(32)37)20-23-21-33(24-13-7-6-8-14-24)30-27(23)22-12-11-15-25(19-22)39(35,36)31-16-9-4-5-10-17-31/h6-8,11-15,19-21H,2-5,9-10,16-18H2,1H3/b26-20-. The second-order valence-corrected chi connectivity index (χ2v) is 13.4. The van der Waals surface area contributed by atoms with E-state index in [4.69, 9.17) is 17.3 Å². The SMILES string of the molecule is CCCCN1C(=O)/C(=C/c2cn(-c3ccccc3)nc2-c2cccc(S(=O)(=O)N3CCCCCC3)c2)SC1=S. The molecule has 0 unspecified atom stereocenters. The monoisotopic (exact) mass is 580 g/mol. The molecule has 0 aliphatic carbocycles. The number of sulfonamides is 1. The molecule has 0 N–H and O–H groups in total. The molecule has 0 bridgehead atoms. The number of hydrogen-bond donors (Lipinski definition) is 0. The Bertz CT molecular complexity index is 1490. The van der Waals surface area contributed by atoms with E-state index in [0.717, 1.165) is 49.8 Å². The zero-order valence-corrected chi connectivity index (χ0v) is 24.4. The van der Waals surface area contributed by atoms with Gasteiger partial charge in [0.25, 0.3) is 5.91 Å². The lowest BCUT2D eigenvalue weighted by Crippen LogP contribution is -2.31. The third-order valence-electron chi connectivity index (χ3n) is 6.97. The highest BCUT2D eigenvalue weighted by Gasteiger charge is 2.32. The number of thioether (sulfide) groups is 1. The molecule has 1 amide bonds. The number of unbranched alkanes of at least 4 members (excludes halogenated alkanes) is 1. The van der Waals surface area contributed by atoms with E-state index in [2.05, 4.69) is 6.92 Å². The number of thiocarbonyl (C=S) groups is 1. The van der Waals surface area contributed by atoms with Gasteiger partial charge in [-0.25, -0.2) is 13.1 Å². The van der Waals surface area contributed by atoms with Gasteiger partial charge in [0.05, 0.1) is 15.5 Å². The molecule has 0 spiro atoms. The first-order valence-corrected chi connectivity index (χ1v) is 16.1. The molecule has 2 aromatic carbocycles. The minimum absolute atomic E-state index is 0.102. The topological polar surface area (TPSA) is 75.5 Å². The Balaban J connectivity index is 1.56. The van der Waals surface area contributed by atoms with Crippen LogP contribution in [0.15, 0.2) is 70.6 Å². The predicted octanol–water partition coefficient (Wildman–Crippen LogP) is 6.11. The van der Waals surface area contributed by atoms with Crippen molar-refractivity contribution in [3.8, 4) is 16.9 Å². The van der Waals surface area contributed by atoms with E-state index in [9.17, 15) is 13.2 Å². The third kappa shape index (κ3) is 6.04. The Morgan fingerprint density at radius 2 is 1.77 bits per heavy atom. The highest BCUT2D eigenvalue weighted by molar-refractivity contribution is 8.26. The Hall–Kier alpha value is -2.79. The summed E-state index contributed by atoms with van der Waals surface area (Å²) in [5, 5.41) is 4.85. The van der Waals surface area contributed by atoms with Crippen molar-refractivity contribution in [2.75, 3.05) is 19.6 Å². The molecule has 0 radical (unpaired) electrons. The summed E-state index contributed by atoms with van der Waals surface area (Å²) in [7, 11) is -3.63. The molecule has 1 aromatic heterocycles. The highest BCUT2D eigenvalue weighted by Crippen LogP contribution is 2.35. The van der Waals surface area contributed by atoms with Crippen LogP contribution < -0.4 is 0 Å². The molecule has 7 nitrogen and oxygen atoms in total. The number of rotatable bonds is 8. The van der Waals surface area contributed by atoms with E-state index in [0.29, 0.717) is 40.1 Å². The molecule has 2 fully saturated rings. The second kappa shape index (κ2) is 12.2. The number of nitrogens with zero attached hydrogens (tertiary/aromatic N) is 4. The van der Waals surface area contributed by atoms with Gasteiger partial charge in [-0.2, -0.15) is 9.40 Å². The number of carbonyl (C=O) groups is 1. The molecule has 0 saturated carbocycles. The molecule has 10 heteroatoms. The maximum absolute atomic E-state index is 13.5. The number of benzene rings is 2. The van der Waals surface area contributed by atoms with E-state index in [1.807, 2.05) is 48.7 Å². The minimum atomic E-state index is -3.63. The normalized spacial score (nSPS) is 18.2. The second-order valence-electron chi connectivity index (χ2n) is 9.75. The Labute approximate surface area is 239 Å². The fourth-order valence-corrected chi connectivity index (χ4v) is 7.68. The average molecular weight is 581 g/mol. The number of carbonyl (C=O) groups excluding carboxylic acids is 1. The summed E-state index contributed by atoms with van der Waals surface area (Å²) in [6.07, 6.45) is 9.41. The molecule has 2 aliphatic rings. The molecule has 39 heavy (non-hydrogen) atoms. The largest absolute Gasteiger partial charge is 0.293 e. The smallest absolute Gasteiger partial charge is 0.266 e. The Morgan fingerprint density at radius 3 is 2.49 bits per heavy atom. The van der Waals surface area contributed by atoms with E-state index < -0.39 is 10.0 Å². The van der Waals surface area contributed by atoms with Crippen molar-refractivity contribution in [1.82, 2.24) is 19.0 Å². The lowest BCUT2D eigenvalue weighted by molar-refractivity contribution is -0.122. The van der Waals surface area contributed by atoms with Crippen LogP contribution in [-0.2, 0) is 14.8 Å². The van der Waals surface area contributed by atoms with Crippen LogP contribution in [-0.4, -0.2) is 57.3 Å². The van der Waals surface area contributed by atoms with Crippen molar-refractivity contribution in [2.45, 2.75) is 50.3 Å². The third-order valence-corrected chi connectivity index (χ3v) is 10.2. The number of hydrogen-bond acceptors (Lipinski definition) is 6. The Morgan fingerprint density at radius 1 is 1.03 bits per heavy atom. The summed E-state index contributed by atoms with van der Waals surface area (Å²) in [5.41, 5.74) is 2.86. The molecule has 5 rings (SSSR count). The zero-order chi connectivity index (χ0) is 27.4.